The van der Waals surface area contributed by atoms with Gasteiger partial charge in [0.25, 0.3) is 0 Å². The highest BCUT2D eigenvalue weighted by atomic mass is 28.4. The van der Waals surface area contributed by atoms with Crippen molar-refractivity contribution in [1.29, 1.82) is 0 Å². The first-order valence-electron chi connectivity index (χ1n) is 15.7. The predicted octanol–water partition coefficient (Wildman–Crippen LogP) is 1.75. The molecule has 0 unspecified atom stereocenters. The molecule has 49 heavy (non-hydrogen) atoms. The van der Waals surface area contributed by atoms with Gasteiger partial charge in [0.1, 0.15) is 37.6 Å². The van der Waals surface area contributed by atoms with E-state index < -0.39 is 120 Å². The summed E-state index contributed by atoms with van der Waals surface area (Å²) in [5.74, 6) is -4.43. The van der Waals surface area contributed by atoms with E-state index in [0.717, 1.165) is 27.7 Å². The molecular weight excluding hydrogens is 688 g/mol. The SMILES string of the molecule is CC(=O)OC[C@H]1O[C@H](O[C@H]2O[C@H](COC(C)=O)[C@@H](OC(C)=O)[C@H](O[Si](C)(C)C)[C@H]2O[Si](C)(C)C)[C@H](OC(C)=O)[C@@H](OC(C)=O)[C@@H]1OC(C)=O. The first-order chi connectivity index (χ1) is 22.5. The summed E-state index contributed by atoms with van der Waals surface area (Å²) in [5, 5.41) is 0. The van der Waals surface area contributed by atoms with Crippen molar-refractivity contribution in [2.24, 2.45) is 0 Å². The lowest BCUT2D eigenvalue weighted by Gasteiger charge is -2.50. The maximum absolute atomic E-state index is 12.4. The Morgan fingerprint density at radius 3 is 1.14 bits per heavy atom. The lowest BCUT2D eigenvalue weighted by Crippen LogP contribution is -2.68. The molecule has 10 atom stereocenters. The van der Waals surface area contributed by atoms with E-state index in [1.165, 1.54) is 13.8 Å². The minimum Gasteiger partial charge on any atom is -0.463 e. The number of carbonyl (C=O) groups excluding carboxylic acids is 6. The molecule has 0 spiro atoms. The summed E-state index contributed by atoms with van der Waals surface area (Å²) >= 11 is 0. The van der Waals surface area contributed by atoms with Crippen LogP contribution in [0.3, 0.4) is 0 Å². The number of rotatable bonds is 14. The van der Waals surface area contributed by atoms with E-state index in [2.05, 4.69) is 0 Å². The topological polar surface area (TPSA) is 204 Å². The first-order valence-corrected chi connectivity index (χ1v) is 22.6. The molecule has 0 saturated carbocycles. The molecule has 0 aliphatic carbocycles. The average molecular weight is 739 g/mol. The zero-order chi connectivity index (χ0) is 37.4. The monoisotopic (exact) mass is 738 g/mol. The van der Waals surface area contributed by atoms with Crippen molar-refractivity contribution < 1.29 is 80.3 Å². The molecular formula is C30H50O17Si2. The van der Waals surface area contributed by atoms with Crippen molar-refractivity contribution in [3.8, 4) is 0 Å². The maximum Gasteiger partial charge on any atom is 0.303 e. The molecule has 0 aromatic heterocycles. The Labute approximate surface area is 288 Å². The second kappa shape index (κ2) is 17.8. The van der Waals surface area contributed by atoms with Crippen LogP contribution < -0.4 is 0 Å². The Bertz CT molecular complexity index is 1200. The normalized spacial score (nSPS) is 30.4. The van der Waals surface area contributed by atoms with Gasteiger partial charge in [-0.25, -0.2) is 0 Å². The number of hydrogen-bond acceptors (Lipinski definition) is 17. The summed E-state index contributed by atoms with van der Waals surface area (Å²) < 4.78 is 64.6. The lowest BCUT2D eigenvalue weighted by molar-refractivity contribution is -0.374. The fourth-order valence-corrected chi connectivity index (χ4v) is 7.31. The summed E-state index contributed by atoms with van der Waals surface area (Å²) in [6.45, 7) is 17.4. The van der Waals surface area contributed by atoms with Gasteiger partial charge >= 0.3 is 35.8 Å². The highest BCUT2D eigenvalue weighted by molar-refractivity contribution is 6.70. The Balaban J connectivity index is 2.75. The van der Waals surface area contributed by atoms with Gasteiger partial charge in [-0.2, -0.15) is 0 Å². The first kappa shape index (κ1) is 42.2. The smallest absolute Gasteiger partial charge is 0.303 e. The van der Waals surface area contributed by atoms with Crippen LogP contribution >= 0.6 is 0 Å². The highest BCUT2D eigenvalue weighted by Crippen LogP contribution is 2.37. The van der Waals surface area contributed by atoms with Gasteiger partial charge < -0.3 is 51.5 Å². The summed E-state index contributed by atoms with van der Waals surface area (Å²) in [6.07, 6.45) is -13.3. The molecule has 0 radical (unpaired) electrons. The molecule has 17 nitrogen and oxygen atoms in total. The molecule has 0 aromatic carbocycles. The van der Waals surface area contributed by atoms with E-state index in [-0.39, 0.29) is 6.61 Å². The largest absolute Gasteiger partial charge is 0.463 e. The Morgan fingerprint density at radius 2 is 0.776 bits per heavy atom. The molecule has 0 aromatic rings. The Hall–Kier alpha value is -2.95. The van der Waals surface area contributed by atoms with Crippen LogP contribution in [0.15, 0.2) is 0 Å². The molecule has 0 N–H and O–H groups in total. The molecule has 2 saturated heterocycles. The number of hydrogen-bond donors (Lipinski definition) is 0. The second-order valence-corrected chi connectivity index (χ2v) is 22.4. The van der Waals surface area contributed by atoms with Crippen LogP contribution in [0.25, 0.3) is 0 Å². The van der Waals surface area contributed by atoms with E-state index in [9.17, 15) is 28.8 Å². The summed E-state index contributed by atoms with van der Waals surface area (Å²) in [5.41, 5.74) is 0. The van der Waals surface area contributed by atoms with E-state index in [1.54, 1.807) is 0 Å². The fourth-order valence-electron chi connectivity index (χ4n) is 5.16. The zero-order valence-corrected chi connectivity index (χ0v) is 32.1. The third kappa shape index (κ3) is 14.1. The van der Waals surface area contributed by atoms with Gasteiger partial charge in [-0.15, -0.1) is 0 Å². The minimum absolute atomic E-state index is 0.378. The van der Waals surface area contributed by atoms with E-state index in [0.29, 0.717) is 0 Å². The van der Waals surface area contributed by atoms with E-state index in [1.807, 2.05) is 39.3 Å². The Kier molecular flexibility index (Phi) is 15.4. The fraction of sp³-hybridized carbons (Fsp3) is 0.800. The third-order valence-electron chi connectivity index (χ3n) is 6.54. The van der Waals surface area contributed by atoms with Crippen LogP contribution in [0.2, 0.25) is 39.3 Å². The summed E-state index contributed by atoms with van der Waals surface area (Å²) in [6, 6.07) is 0. The standard InChI is InChI=1S/C30H50O17Si2/c1-15(31)37-13-21-23(39-17(3)33)25(41-19(5)35)27(42-20(6)36)29(43-21)45-30-28(47-49(10,11)12)26(46-48(7,8)9)24(40-18(4)34)22(44-30)14-38-16(2)32/h21-30H,13-14H2,1-12H3/t21-,22-,23-,24-,25+,26+,27-,28-,29-,30-/m1/s1. The van der Waals surface area contributed by atoms with Crippen LogP contribution in [0, 0.1) is 0 Å². The summed E-state index contributed by atoms with van der Waals surface area (Å²) in [4.78, 5) is 72.8. The molecule has 2 aliphatic heterocycles. The van der Waals surface area contributed by atoms with Crippen molar-refractivity contribution in [3.05, 3.63) is 0 Å². The van der Waals surface area contributed by atoms with Crippen molar-refractivity contribution in [2.75, 3.05) is 13.2 Å². The number of carbonyl (C=O) groups is 6. The van der Waals surface area contributed by atoms with E-state index >= 15 is 0 Å². The molecule has 0 amide bonds. The number of ether oxygens (including phenoxy) is 9. The minimum atomic E-state index is -2.50. The predicted molar refractivity (Wildman–Crippen MR) is 170 cm³/mol. The zero-order valence-electron chi connectivity index (χ0n) is 30.1. The summed E-state index contributed by atoms with van der Waals surface area (Å²) in [7, 11) is -4.97. The van der Waals surface area contributed by atoms with E-state index in [4.69, 9.17) is 51.5 Å². The van der Waals surface area contributed by atoms with Crippen molar-refractivity contribution >= 4 is 52.5 Å². The van der Waals surface area contributed by atoms with Crippen LogP contribution in [0.4, 0.5) is 0 Å². The van der Waals surface area contributed by atoms with Crippen LogP contribution in [0.5, 0.6) is 0 Å². The quantitative estimate of drug-likeness (QED) is 0.141. The highest BCUT2D eigenvalue weighted by Gasteiger charge is 2.57. The van der Waals surface area contributed by atoms with Gasteiger partial charge in [-0.05, 0) is 39.3 Å². The van der Waals surface area contributed by atoms with Gasteiger partial charge in [0.2, 0.25) is 6.29 Å². The van der Waals surface area contributed by atoms with Crippen molar-refractivity contribution in [3.63, 3.8) is 0 Å². The van der Waals surface area contributed by atoms with Gasteiger partial charge in [0.05, 0.1) is 0 Å². The molecule has 0 bridgehead atoms. The molecule has 2 fully saturated rings. The van der Waals surface area contributed by atoms with Crippen molar-refractivity contribution in [1.82, 2.24) is 0 Å². The van der Waals surface area contributed by atoms with Gasteiger partial charge in [-0.1, -0.05) is 0 Å². The molecule has 2 rings (SSSR count). The third-order valence-corrected chi connectivity index (χ3v) is 8.50. The molecule has 2 aliphatic rings. The van der Waals surface area contributed by atoms with Crippen LogP contribution in [0.1, 0.15) is 41.5 Å². The number of esters is 6. The van der Waals surface area contributed by atoms with Crippen molar-refractivity contribution in [2.45, 2.75) is 142 Å². The lowest BCUT2D eigenvalue weighted by atomic mass is 9.97. The average Bonchev–Trinajstić information content (AvgIpc) is 2.90. The van der Waals surface area contributed by atoms with Crippen LogP contribution in [-0.2, 0) is 80.3 Å². The molecule has 2 heterocycles. The second-order valence-electron chi connectivity index (χ2n) is 13.5. The van der Waals surface area contributed by atoms with Crippen LogP contribution in [-0.4, -0.2) is 127 Å². The Morgan fingerprint density at radius 1 is 0.449 bits per heavy atom. The molecule has 19 heteroatoms. The van der Waals surface area contributed by atoms with Gasteiger partial charge in [-0.3, -0.25) is 28.8 Å². The van der Waals surface area contributed by atoms with Gasteiger partial charge in [0, 0.05) is 41.5 Å². The molecule has 280 valence electrons. The maximum atomic E-state index is 12.4. The van der Waals surface area contributed by atoms with Gasteiger partial charge in [0.15, 0.2) is 47.3 Å².